The van der Waals surface area contributed by atoms with Gasteiger partial charge in [-0.25, -0.2) is 9.18 Å². The number of piperidine rings is 1. The lowest BCUT2D eigenvalue weighted by Gasteiger charge is -2.36. The van der Waals surface area contributed by atoms with E-state index in [0.29, 0.717) is 53.3 Å². The van der Waals surface area contributed by atoms with Crippen molar-refractivity contribution < 1.29 is 19.0 Å². The molecule has 2 fully saturated rings. The van der Waals surface area contributed by atoms with Gasteiger partial charge in [0.25, 0.3) is 5.56 Å². The van der Waals surface area contributed by atoms with Crippen molar-refractivity contribution in [3.05, 3.63) is 33.9 Å². The first kappa shape index (κ1) is 18.4. The van der Waals surface area contributed by atoms with E-state index in [1.54, 1.807) is 6.92 Å². The number of hydrogen-bond acceptors (Lipinski definition) is 5. The largest absolute Gasteiger partial charge is 0.487 e. The van der Waals surface area contributed by atoms with Crippen LogP contribution >= 0.6 is 0 Å². The van der Waals surface area contributed by atoms with Gasteiger partial charge in [-0.1, -0.05) is 0 Å². The second kappa shape index (κ2) is 6.45. The fourth-order valence-corrected chi connectivity index (χ4v) is 5.04. The highest BCUT2D eigenvalue weighted by Gasteiger charge is 2.42. The van der Waals surface area contributed by atoms with E-state index in [2.05, 4.69) is 0 Å². The second-order valence-corrected chi connectivity index (χ2v) is 8.56. The summed E-state index contributed by atoms with van der Waals surface area (Å²) in [6, 6.07) is 2.54. The maximum Gasteiger partial charge on any atom is 0.341 e. The molecular weight excluding hydrogens is 377 g/mol. The highest BCUT2D eigenvalue weighted by Crippen LogP contribution is 2.45. The molecule has 2 aromatic rings. The summed E-state index contributed by atoms with van der Waals surface area (Å²) in [6.07, 6.45) is 2.99. The van der Waals surface area contributed by atoms with E-state index >= 15 is 4.39 Å². The predicted molar refractivity (Wildman–Crippen MR) is 106 cm³/mol. The normalized spacial score (nSPS) is 26.4. The molecule has 3 atom stereocenters. The summed E-state index contributed by atoms with van der Waals surface area (Å²) in [5.74, 6) is -0.253. The SMILES string of the molecule is C[C@H]1COc2c(N3CCC(C4CC4N)CC3)c(F)cc3cc(C(=O)O)c(=O)n1c23. The Balaban J connectivity index is 1.61. The molecule has 1 aliphatic carbocycles. The number of nitrogens with two attached hydrogens (primary N) is 1. The topological polar surface area (TPSA) is 97.8 Å². The van der Waals surface area contributed by atoms with Crippen molar-refractivity contribution >= 4 is 22.6 Å². The van der Waals surface area contributed by atoms with Crippen molar-refractivity contribution in [2.45, 2.75) is 38.3 Å². The Hall–Kier alpha value is -2.61. The maximum absolute atomic E-state index is 15.2. The smallest absolute Gasteiger partial charge is 0.341 e. The van der Waals surface area contributed by atoms with Crippen LogP contribution in [0.1, 0.15) is 42.6 Å². The second-order valence-electron chi connectivity index (χ2n) is 8.56. The first-order chi connectivity index (χ1) is 13.9. The maximum atomic E-state index is 15.2. The number of nitrogens with zero attached hydrogens (tertiary/aromatic N) is 2. The minimum absolute atomic E-state index is 0.189. The number of aromatic carboxylic acids is 1. The van der Waals surface area contributed by atoms with Gasteiger partial charge >= 0.3 is 5.97 Å². The number of anilines is 1. The Labute approximate surface area is 166 Å². The number of benzene rings is 1. The number of aromatic nitrogens is 1. The van der Waals surface area contributed by atoms with Crippen LogP contribution in [-0.2, 0) is 0 Å². The lowest BCUT2D eigenvalue weighted by molar-refractivity contribution is 0.0694. The molecule has 1 saturated carbocycles. The van der Waals surface area contributed by atoms with E-state index in [-0.39, 0.29) is 18.2 Å². The van der Waals surface area contributed by atoms with Gasteiger partial charge in [-0.2, -0.15) is 0 Å². The van der Waals surface area contributed by atoms with Crippen LogP contribution in [0, 0.1) is 17.7 Å². The van der Waals surface area contributed by atoms with Gasteiger partial charge < -0.3 is 20.5 Å². The molecule has 2 aliphatic heterocycles. The first-order valence-electron chi connectivity index (χ1n) is 10.1. The van der Waals surface area contributed by atoms with Crippen LogP contribution in [0.3, 0.4) is 0 Å². The summed E-state index contributed by atoms with van der Waals surface area (Å²) >= 11 is 0. The van der Waals surface area contributed by atoms with Crippen LogP contribution in [0.4, 0.5) is 10.1 Å². The van der Waals surface area contributed by atoms with E-state index in [1.165, 1.54) is 16.7 Å². The summed E-state index contributed by atoms with van der Waals surface area (Å²) < 4.78 is 22.6. The van der Waals surface area contributed by atoms with Crippen LogP contribution in [0.25, 0.3) is 10.9 Å². The minimum atomic E-state index is -1.31. The molecule has 3 heterocycles. The lowest BCUT2D eigenvalue weighted by Crippen LogP contribution is -2.38. The number of ether oxygens (including phenoxy) is 1. The molecule has 29 heavy (non-hydrogen) atoms. The number of rotatable bonds is 3. The van der Waals surface area contributed by atoms with Gasteiger partial charge in [-0.15, -0.1) is 0 Å². The third-order valence-electron chi connectivity index (χ3n) is 6.69. The van der Waals surface area contributed by atoms with Gasteiger partial charge in [-0.3, -0.25) is 9.36 Å². The highest BCUT2D eigenvalue weighted by molar-refractivity contribution is 5.97. The van der Waals surface area contributed by atoms with Gasteiger partial charge in [0.05, 0.1) is 11.6 Å². The van der Waals surface area contributed by atoms with E-state index in [9.17, 15) is 14.7 Å². The molecule has 154 valence electrons. The Bertz CT molecular complexity index is 1070. The highest BCUT2D eigenvalue weighted by atomic mass is 19.1. The molecule has 1 aromatic carbocycles. The molecule has 1 saturated heterocycles. The van der Waals surface area contributed by atoms with Gasteiger partial charge in [0, 0.05) is 24.5 Å². The molecule has 2 unspecified atom stereocenters. The summed E-state index contributed by atoms with van der Waals surface area (Å²) in [4.78, 5) is 26.3. The molecule has 0 amide bonds. The zero-order valence-corrected chi connectivity index (χ0v) is 16.2. The summed E-state index contributed by atoms with van der Waals surface area (Å²) in [7, 11) is 0. The summed E-state index contributed by atoms with van der Waals surface area (Å²) in [5, 5.41) is 9.75. The minimum Gasteiger partial charge on any atom is -0.487 e. The molecule has 7 nitrogen and oxygen atoms in total. The van der Waals surface area contributed by atoms with E-state index in [4.69, 9.17) is 10.5 Å². The number of carboxylic acids is 1. The average Bonchev–Trinajstić information content (AvgIpc) is 3.42. The molecule has 3 aliphatic rings. The number of halogens is 1. The molecule has 5 rings (SSSR count). The van der Waals surface area contributed by atoms with Crippen molar-refractivity contribution in [2.24, 2.45) is 17.6 Å². The number of carboxylic acid groups (broad SMARTS) is 1. The number of hydrogen-bond donors (Lipinski definition) is 2. The number of carbonyl (C=O) groups is 1. The van der Waals surface area contributed by atoms with Crippen molar-refractivity contribution in [3.8, 4) is 5.75 Å². The van der Waals surface area contributed by atoms with Crippen molar-refractivity contribution in [1.82, 2.24) is 4.57 Å². The van der Waals surface area contributed by atoms with Crippen LogP contribution < -0.4 is 20.9 Å². The monoisotopic (exact) mass is 401 g/mol. The molecular formula is C21H24FN3O4. The summed E-state index contributed by atoms with van der Waals surface area (Å²) in [5.41, 5.74) is 5.90. The Kier molecular flexibility index (Phi) is 4.10. The zero-order valence-electron chi connectivity index (χ0n) is 16.2. The standard InChI is InChI=1S/C21H24FN3O4/c1-10-9-29-19-17-12(6-14(21(27)28)20(26)25(10)17)7-15(22)18(19)24-4-2-11(3-5-24)13-8-16(13)23/h6-7,10-11,13,16H,2-5,8-9,23H2,1H3,(H,27,28)/t10-,13?,16?/m0/s1. The Morgan fingerprint density at radius 2 is 2.00 bits per heavy atom. The Morgan fingerprint density at radius 3 is 2.62 bits per heavy atom. The third-order valence-corrected chi connectivity index (χ3v) is 6.69. The quantitative estimate of drug-likeness (QED) is 0.819. The molecule has 3 N–H and O–H groups in total. The fourth-order valence-electron chi connectivity index (χ4n) is 5.04. The van der Waals surface area contributed by atoms with E-state index in [0.717, 1.165) is 19.3 Å². The van der Waals surface area contributed by atoms with Gasteiger partial charge in [0.15, 0.2) is 11.6 Å². The van der Waals surface area contributed by atoms with E-state index < -0.39 is 17.3 Å². The third kappa shape index (κ3) is 2.80. The number of pyridine rings is 1. The van der Waals surface area contributed by atoms with Crippen molar-refractivity contribution in [3.63, 3.8) is 0 Å². The fraction of sp³-hybridized carbons (Fsp3) is 0.524. The van der Waals surface area contributed by atoms with Crippen molar-refractivity contribution in [2.75, 3.05) is 24.6 Å². The van der Waals surface area contributed by atoms with Crippen molar-refractivity contribution in [1.29, 1.82) is 0 Å². The van der Waals surface area contributed by atoms with Crippen LogP contribution in [0.15, 0.2) is 16.9 Å². The molecule has 1 aromatic heterocycles. The van der Waals surface area contributed by atoms with Gasteiger partial charge in [0.1, 0.15) is 17.9 Å². The van der Waals surface area contributed by atoms with Gasteiger partial charge in [0.2, 0.25) is 0 Å². The first-order valence-corrected chi connectivity index (χ1v) is 10.1. The predicted octanol–water partition coefficient (Wildman–Crippen LogP) is 2.36. The summed E-state index contributed by atoms with van der Waals surface area (Å²) in [6.45, 7) is 3.40. The Morgan fingerprint density at radius 1 is 1.31 bits per heavy atom. The van der Waals surface area contributed by atoms with E-state index in [1.807, 2.05) is 4.90 Å². The molecule has 8 heteroatoms. The van der Waals surface area contributed by atoms with Crippen LogP contribution in [-0.4, -0.2) is 41.4 Å². The molecule has 0 spiro atoms. The van der Waals surface area contributed by atoms with Crippen LogP contribution in [0.5, 0.6) is 5.75 Å². The lowest BCUT2D eigenvalue weighted by atomic mass is 9.91. The zero-order chi connectivity index (χ0) is 20.4. The van der Waals surface area contributed by atoms with Crippen LogP contribution in [0.2, 0.25) is 0 Å². The average molecular weight is 401 g/mol. The molecule has 0 bridgehead atoms. The molecule has 0 radical (unpaired) electrons. The van der Waals surface area contributed by atoms with Gasteiger partial charge in [-0.05, 0) is 50.2 Å².